The number of nitrogens with one attached hydrogen (secondary N) is 1. The number of hydrogen-bond acceptors (Lipinski definition) is 4. The van der Waals surface area contributed by atoms with Crippen LogP contribution in [0.1, 0.15) is 41.4 Å². The van der Waals surface area contributed by atoms with E-state index < -0.39 is 5.97 Å². The van der Waals surface area contributed by atoms with E-state index in [0.717, 1.165) is 49.2 Å². The average molecular weight is 294 g/mol. The molecule has 1 heterocycles. The van der Waals surface area contributed by atoms with Crippen molar-refractivity contribution in [2.24, 2.45) is 5.92 Å². The number of fused-ring (bicyclic) bond motifs is 1. The summed E-state index contributed by atoms with van der Waals surface area (Å²) < 4.78 is 0. The average Bonchev–Trinajstić information content (AvgIpc) is 2.44. The Bertz CT molecular complexity index is 491. The molecule has 5 heteroatoms. The van der Waals surface area contributed by atoms with Crippen LogP contribution in [0.3, 0.4) is 0 Å². The number of carboxylic acids is 1. The van der Waals surface area contributed by atoms with Crippen LogP contribution in [0.5, 0.6) is 0 Å². The molecule has 2 rings (SSSR count). The van der Waals surface area contributed by atoms with Crippen LogP contribution in [-0.2, 0) is 12.8 Å². The normalized spacial score (nSPS) is 15.5. The molecule has 1 aromatic heterocycles. The lowest BCUT2D eigenvalue weighted by atomic mass is 9.94. The highest BCUT2D eigenvalue weighted by atomic mass is 32.2. The predicted molar refractivity (Wildman–Crippen MR) is 83.9 cm³/mol. The van der Waals surface area contributed by atoms with Gasteiger partial charge in [0.05, 0.1) is 0 Å². The van der Waals surface area contributed by atoms with Crippen LogP contribution < -0.4 is 5.32 Å². The third kappa shape index (κ3) is 3.66. The zero-order chi connectivity index (χ0) is 14.5. The molecule has 0 spiro atoms. The summed E-state index contributed by atoms with van der Waals surface area (Å²) in [5, 5.41) is 12.6. The second-order valence-electron chi connectivity index (χ2n) is 5.44. The van der Waals surface area contributed by atoms with Crippen LogP contribution in [0.15, 0.2) is 6.07 Å². The molecule has 1 aromatic rings. The van der Waals surface area contributed by atoms with Gasteiger partial charge in [0.1, 0.15) is 11.4 Å². The Labute approximate surface area is 124 Å². The van der Waals surface area contributed by atoms with Crippen LogP contribution in [0.4, 0.5) is 5.82 Å². The molecule has 2 N–H and O–H groups in total. The van der Waals surface area contributed by atoms with Crippen LogP contribution in [0.2, 0.25) is 0 Å². The van der Waals surface area contributed by atoms with Gasteiger partial charge in [0, 0.05) is 12.2 Å². The minimum Gasteiger partial charge on any atom is -0.478 e. The van der Waals surface area contributed by atoms with Gasteiger partial charge in [-0.25, -0.2) is 9.78 Å². The lowest BCUT2D eigenvalue weighted by Gasteiger charge is -2.19. The number of hydrogen-bond donors (Lipinski definition) is 2. The van der Waals surface area contributed by atoms with Crippen LogP contribution in [-0.4, -0.2) is 34.6 Å². The van der Waals surface area contributed by atoms with Crippen molar-refractivity contribution in [2.45, 2.75) is 32.6 Å². The van der Waals surface area contributed by atoms with Crippen molar-refractivity contribution in [3.8, 4) is 0 Å². The van der Waals surface area contributed by atoms with Crippen LogP contribution >= 0.6 is 11.8 Å². The summed E-state index contributed by atoms with van der Waals surface area (Å²) in [6.45, 7) is 2.91. The molecule has 110 valence electrons. The first-order chi connectivity index (χ1) is 9.61. The first-order valence-corrected chi connectivity index (χ1v) is 8.50. The molecule has 0 saturated carbocycles. The number of aryl methyl sites for hydroxylation is 2. The zero-order valence-electron chi connectivity index (χ0n) is 12.1. The molecule has 0 aliphatic heterocycles. The number of anilines is 1. The van der Waals surface area contributed by atoms with E-state index in [9.17, 15) is 9.90 Å². The Morgan fingerprint density at radius 1 is 1.50 bits per heavy atom. The summed E-state index contributed by atoms with van der Waals surface area (Å²) in [7, 11) is 0. The number of pyridine rings is 1. The SMILES string of the molecule is CSCC(C)CNc1nc2c(cc1C(=O)O)CCCC2. The van der Waals surface area contributed by atoms with E-state index in [0.29, 0.717) is 17.3 Å². The number of aromatic nitrogens is 1. The maximum Gasteiger partial charge on any atom is 0.339 e. The molecule has 1 atom stereocenters. The molecule has 0 radical (unpaired) electrons. The Morgan fingerprint density at radius 2 is 2.25 bits per heavy atom. The molecular formula is C15H22N2O2S. The number of carboxylic acid groups (broad SMARTS) is 1. The van der Waals surface area contributed by atoms with E-state index in [2.05, 4.69) is 23.5 Å². The molecule has 20 heavy (non-hydrogen) atoms. The fourth-order valence-corrected chi connectivity index (χ4v) is 3.23. The van der Waals surface area contributed by atoms with Gasteiger partial charge in [-0.2, -0.15) is 11.8 Å². The Morgan fingerprint density at radius 3 is 2.95 bits per heavy atom. The molecule has 0 aromatic carbocycles. The van der Waals surface area contributed by atoms with Gasteiger partial charge < -0.3 is 10.4 Å². The summed E-state index contributed by atoms with van der Waals surface area (Å²) in [5.41, 5.74) is 2.49. The number of carbonyl (C=O) groups is 1. The summed E-state index contributed by atoms with van der Waals surface area (Å²) in [5.74, 6) is 1.18. The molecular weight excluding hydrogens is 272 g/mol. The molecule has 1 aliphatic carbocycles. The first-order valence-electron chi connectivity index (χ1n) is 7.10. The molecule has 1 unspecified atom stereocenters. The van der Waals surface area contributed by atoms with Gasteiger partial charge in [0.15, 0.2) is 0 Å². The molecule has 0 bridgehead atoms. The van der Waals surface area contributed by atoms with E-state index in [1.165, 1.54) is 0 Å². The highest BCUT2D eigenvalue weighted by molar-refractivity contribution is 7.98. The van der Waals surface area contributed by atoms with Crippen LogP contribution in [0.25, 0.3) is 0 Å². The van der Waals surface area contributed by atoms with Gasteiger partial charge in [0.25, 0.3) is 0 Å². The summed E-state index contributed by atoms with van der Waals surface area (Å²) >= 11 is 1.80. The van der Waals surface area contributed by atoms with Crippen molar-refractivity contribution in [1.29, 1.82) is 0 Å². The number of thioether (sulfide) groups is 1. The third-order valence-corrected chi connectivity index (χ3v) is 4.50. The van der Waals surface area contributed by atoms with Crippen molar-refractivity contribution in [3.63, 3.8) is 0 Å². The minimum atomic E-state index is -0.897. The Balaban J connectivity index is 2.19. The summed E-state index contributed by atoms with van der Waals surface area (Å²) in [6, 6.07) is 1.81. The Kier molecular flexibility index (Phi) is 5.29. The monoisotopic (exact) mass is 294 g/mol. The topological polar surface area (TPSA) is 62.2 Å². The van der Waals surface area contributed by atoms with Gasteiger partial charge in [-0.15, -0.1) is 0 Å². The largest absolute Gasteiger partial charge is 0.478 e. The fraction of sp³-hybridized carbons (Fsp3) is 0.600. The highest BCUT2D eigenvalue weighted by Gasteiger charge is 2.19. The lowest BCUT2D eigenvalue weighted by molar-refractivity contribution is 0.0697. The maximum absolute atomic E-state index is 11.4. The second kappa shape index (κ2) is 6.97. The quantitative estimate of drug-likeness (QED) is 0.844. The second-order valence-corrected chi connectivity index (χ2v) is 6.35. The highest BCUT2D eigenvalue weighted by Crippen LogP contribution is 2.25. The molecule has 0 saturated heterocycles. The maximum atomic E-state index is 11.4. The van der Waals surface area contributed by atoms with Gasteiger partial charge in [-0.05, 0) is 55.2 Å². The molecule has 0 fully saturated rings. The third-order valence-electron chi connectivity index (χ3n) is 3.60. The molecule has 4 nitrogen and oxygen atoms in total. The van der Waals surface area contributed by atoms with Crippen molar-refractivity contribution in [2.75, 3.05) is 23.9 Å². The fourth-order valence-electron chi connectivity index (χ4n) is 2.55. The van der Waals surface area contributed by atoms with Gasteiger partial charge >= 0.3 is 5.97 Å². The molecule has 1 aliphatic rings. The van der Waals surface area contributed by atoms with E-state index in [1.54, 1.807) is 11.8 Å². The van der Waals surface area contributed by atoms with Gasteiger partial charge in [-0.3, -0.25) is 0 Å². The summed E-state index contributed by atoms with van der Waals surface area (Å²) in [6.07, 6.45) is 6.27. The Hall–Kier alpha value is -1.23. The molecule has 0 amide bonds. The minimum absolute atomic E-state index is 0.307. The van der Waals surface area contributed by atoms with Gasteiger partial charge in [0.2, 0.25) is 0 Å². The zero-order valence-corrected chi connectivity index (χ0v) is 12.9. The van der Waals surface area contributed by atoms with Gasteiger partial charge in [-0.1, -0.05) is 6.92 Å². The van der Waals surface area contributed by atoms with E-state index in [-0.39, 0.29) is 0 Å². The predicted octanol–water partition coefficient (Wildman–Crippen LogP) is 3.07. The lowest BCUT2D eigenvalue weighted by Crippen LogP contribution is -2.18. The first kappa shape index (κ1) is 15.2. The van der Waals surface area contributed by atoms with Crippen molar-refractivity contribution >= 4 is 23.5 Å². The van der Waals surface area contributed by atoms with Crippen molar-refractivity contribution in [1.82, 2.24) is 4.98 Å². The number of rotatable bonds is 6. The van der Waals surface area contributed by atoms with E-state index >= 15 is 0 Å². The standard InChI is InChI=1S/C15H22N2O2S/c1-10(9-20-2)8-16-14-12(15(18)19)7-11-5-3-4-6-13(11)17-14/h7,10H,3-6,8-9H2,1-2H3,(H,16,17)(H,18,19). The van der Waals surface area contributed by atoms with E-state index in [4.69, 9.17) is 0 Å². The number of nitrogens with zero attached hydrogens (tertiary/aromatic N) is 1. The van der Waals surface area contributed by atoms with Crippen molar-refractivity contribution in [3.05, 3.63) is 22.9 Å². The summed E-state index contributed by atoms with van der Waals surface area (Å²) in [4.78, 5) is 16.0. The van der Waals surface area contributed by atoms with Crippen molar-refractivity contribution < 1.29 is 9.90 Å². The number of aromatic carboxylic acids is 1. The smallest absolute Gasteiger partial charge is 0.339 e. The van der Waals surface area contributed by atoms with Crippen LogP contribution in [0, 0.1) is 5.92 Å². The van der Waals surface area contributed by atoms with E-state index in [1.807, 2.05) is 6.07 Å².